The van der Waals surface area contributed by atoms with Crippen LogP contribution >= 0.6 is 24.0 Å². The Morgan fingerprint density at radius 3 is 2.37 bits per heavy atom. The predicted molar refractivity (Wildman–Crippen MR) is 101 cm³/mol. The smallest absolute Gasteiger partial charge is 0.475 e. The number of nitrogens with one attached hydrogen (secondary N) is 1. The Morgan fingerprint density at radius 2 is 1.81 bits per heavy atom. The van der Waals surface area contributed by atoms with E-state index < -0.39 is 36.1 Å². The molecule has 2 aromatic rings. The summed E-state index contributed by atoms with van der Waals surface area (Å²) in [6.07, 6.45) is 2.72. The first-order chi connectivity index (χ1) is 12.3. The summed E-state index contributed by atoms with van der Waals surface area (Å²) in [7, 11) is -1.95. The van der Waals surface area contributed by atoms with Crippen LogP contribution in [0.1, 0.15) is 26.9 Å². The minimum absolute atomic E-state index is 0. The summed E-state index contributed by atoms with van der Waals surface area (Å²) >= 11 is 6.08. The second-order valence-corrected chi connectivity index (χ2v) is 5.93. The van der Waals surface area contributed by atoms with Crippen LogP contribution in [-0.2, 0) is 11.2 Å². The summed E-state index contributed by atoms with van der Waals surface area (Å²) in [6, 6.07) is 7.13. The standard InChI is InChI=1S/C16H16BClN2O6.ClH/c18-13(9-4-6-19-7-5-9)15(22)20-12(17(25)26)8-10-2-1-3-11(14(10)21)16(23)24;/h1-7,12-13,21,25-26H,8H2,(H,20,22)(H,23,24);1H. The molecule has 5 N–H and O–H groups in total. The highest BCUT2D eigenvalue weighted by atomic mass is 35.5. The molecule has 0 radical (unpaired) electrons. The van der Waals surface area contributed by atoms with Gasteiger partial charge in [-0.05, 0) is 35.7 Å². The second-order valence-electron chi connectivity index (χ2n) is 5.49. The second kappa shape index (κ2) is 10.1. The van der Waals surface area contributed by atoms with Crippen molar-refractivity contribution in [2.75, 3.05) is 0 Å². The number of carbonyl (C=O) groups is 2. The molecule has 0 aliphatic carbocycles. The van der Waals surface area contributed by atoms with Gasteiger partial charge >= 0.3 is 13.1 Å². The van der Waals surface area contributed by atoms with Crippen LogP contribution in [0.2, 0.25) is 0 Å². The zero-order valence-electron chi connectivity index (χ0n) is 13.8. The average molecular weight is 415 g/mol. The molecule has 11 heteroatoms. The van der Waals surface area contributed by atoms with E-state index in [-0.39, 0.29) is 30.0 Å². The molecule has 0 saturated heterocycles. The number of hydrogen-bond donors (Lipinski definition) is 5. The number of amides is 1. The van der Waals surface area contributed by atoms with Gasteiger partial charge in [0.2, 0.25) is 5.91 Å². The number of carboxylic acid groups (broad SMARTS) is 1. The number of carbonyl (C=O) groups excluding carboxylic acids is 1. The summed E-state index contributed by atoms with van der Waals surface area (Å²) in [5, 5.41) is 39.4. The summed E-state index contributed by atoms with van der Waals surface area (Å²) in [4.78, 5) is 27.2. The van der Waals surface area contributed by atoms with Crippen LogP contribution in [0.3, 0.4) is 0 Å². The molecule has 27 heavy (non-hydrogen) atoms. The maximum atomic E-state index is 12.3. The van der Waals surface area contributed by atoms with Crippen molar-refractivity contribution in [3.8, 4) is 5.75 Å². The fourth-order valence-corrected chi connectivity index (χ4v) is 2.54. The van der Waals surface area contributed by atoms with Crippen LogP contribution in [0.25, 0.3) is 0 Å². The van der Waals surface area contributed by atoms with Gasteiger partial charge < -0.3 is 25.6 Å². The van der Waals surface area contributed by atoms with E-state index in [1.165, 1.54) is 30.6 Å². The first-order valence-corrected chi connectivity index (χ1v) is 7.99. The molecule has 2 rings (SSSR count). The summed E-state index contributed by atoms with van der Waals surface area (Å²) in [6.45, 7) is 0. The van der Waals surface area contributed by atoms with E-state index in [0.29, 0.717) is 5.56 Å². The molecule has 1 amide bonds. The molecule has 0 saturated carbocycles. The normalized spacial score (nSPS) is 12.4. The number of phenols is 1. The van der Waals surface area contributed by atoms with E-state index in [0.717, 1.165) is 0 Å². The van der Waals surface area contributed by atoms with Crippen LogP contribution in [0.15, 0.2) is 42.7 Å². The van der Waals surface area contributed by atoms with Crippen molar-refractivity contribution in [3.05, 3.63) is 59.4 Å². The SMILES string of the molecule is Cl.O=C(O)c1cccc(CC(NC(=O)C(Cl)c2ccncc2)B(O)O)c1O. The van der Waals surface area contributed by atoms with E-state index in [1.54, 1.807) is 12.1 Å². The lowest BCUT2D eigenvalue weighted by Crippen LogP contribution is -2.48. The third-order valence-corrected chi connectivity index (χ3v) is 4.16. The van der Waals surface area contributed by atoms with Crippen molar-refractivity contribution in [1.29, 1.82) is 0 Å². The Balaban J connectivity index is 0.00000364. The van der Waals surface area contributed by atoms with Crippen molar-refractivity contribution in [1.82, 2.24) is 10.3 Å². The lowest BCUT2D eigenvalue weighted by molar-refractivity contribution is -0.121. The average Bonchev–Trinajstić information content (AvgIpc) is 2.62. The van der Waals surface area contributed by atoms with Crippen molar-refractivity contribution < 1.29 is 29.9 Å². The maximum absolute atomic E-state index is 12.3. The van der Waals surface area contributed by atoms with Crippen LogP contribution in [-0.4, -0.2) is 50.2 Å². The van der Waals surface area contributed by atoms with Gasteiger partial charge in [0.05, 0.1) is 5.94 Å². The third-order valence-electron chi connectivity index (χ3n) is 3.71. The van der Waals surface area contributed by atoms with Gasteiger partial charge in [0.1, 0.15) is 16.7 Å². The fourth-order valence-electron chi connectivity index (χ4n) is 2.34. The quantitative estimate of drug-likeness (QED) is 0.335. The van der Waals surface area contributed by atoms with Gasteiger partial charge in [0, 0.05) is 12.4 Å². The van der Waals surface area contributed by atoms with E-state index in [2.05, 4.69) is 10.3 Å². The Morgan fingerprint density at radius 1 is 1.19 bits per heavy atom. The molecule has 2 unspecified atom stereocenters. The van der Waals surface area contributed by atoms with Gasteiger partial charge in [-0.2, -0.15) is 0 Å². The molecule has 1 heterocycles. The highest BCUT2D eigenvalue weighted by Crippen LogP contribution is 2.25. The monoisotopic (exact) mass is 414 g/mol. The molecular formula is C16H17BCl2N2O6. The van der Waals surface area contributed by atoms with Crippen molar-refractivity contribution >= 4 is 43.0 Å². The number of nitrogens with zero attached hydrogens (tertiary/aromatic N) is 1. The van der Waals surface area contributed by atoms with E-state index in [1.807, 2.05) is 0 Å². The number of pyridine rings is 1. The Labute approximate surface area is 166 Å². The molecular weight excluding hydrogens is 398 g/mol. The lowest BCUT2D eigenvalue weighted by Gasteiger charge is -2.20. The van der Waals surface area contributed by atoms with Crippen LogP contribution in [0.5, 0.6) is 5.75 Å². The van der Waals surface area contributed by atoms with Crippen molar-refractivity contribution in [2.24, 2.45) is 0 Å². The molecule has 0 spiro atoms. The zero-order chi connectivity index (χ0) is 19.3. The van der Waals surface area contributed by atoms with Gasteiger partial charge in [-0.15, -0.1) is 24.0 Å². The number of aromatic nitrogens is 1. The molecule has 2 atom stereocenters. The number of aromatic hydroxyl groups is 1. The van der Waals surface area contributed by atoms with Gasteiger partial charge in [-0.3, -0.25) is 9.78 Å². The van der Waals surface area contributed by atoms with Crippen LogP contribution in [0.4, 0.5) is 0 Å². The number of alkyl halides is 1. The molecule has 144 valence electrons. The number of halogens is 2. The van der Waals surface area contributed by atoms with E-state index in [4.69, 9.17) is 16.7 Å². The number of rotatable bonds is 7. The van der Waals surface area contributed by atoms with Crippen LogP contribution < -0.4 is 5.32 Å². The molecule has 8 nitrogen and oxygen atoms in total. The largest absolute Gasteiger partial charge is 0.507 e. The van der Waals surface area contributed by atoms with Gasteiger partial charge in [0.25, 0.3) is 0 Å². The minimum atomic E-state index is -1.95. The first-order valence-electron chi connectivity index (χ1n) is 7.56. The minimum Gasteiger partial charge on any atom is -0.507 e. The van der Waals surface area contributed by atoms with Crippen molar-refractivity contribution in [2.45, 2.75) is 17.7 Å². The number of hydrogen-bond acceptors (Lipinski definition) is 6. The molecule has 0 bridgehead atoms. The molecule has 0 fully saturated rings. The molecule has 0 aliphatic heterocycles. The molecule has 1 aromatic heterocycles. The van der Waals surface area contributed by atoms with E-state index in [9.17, 15) is 24.7 Å². The summed E-state index contributed by atoms with van der Waals surface area (Å²) in [5.74, 6) is -3.71. The Hall–Kier alpha value is -2.33. The third kappa shape index (κ3) is 5.83. The Kier molecular flexibility index (Phi) is 8.52. The highest BCUT2D eigenvalue weighted by Gasteiger charge is 2.30. The van der Waals surface area contributed by atoms with Crippen molar-refractivity contribution in [3.63, 3.8) is 0 Å². The molecule has 1 aromatic carbocycles. The summed E-state index contributed by atoms with van der Waals surface area (Å²) < 4.78 is 0. The fraction of sp³-hybridized carbons (Fsp3) is 0.188. The lowest BCUT2D eigenvalue weighted by atomic mass is 9.75. The number of aromatic carboxylic acids is 1. The van der Waals surface area contributed by atoms with Crippen LogP contribution in [0, 0.1) is 0 Å². The zero-order valence-corrected chi connectivity index (χ0v) is 15.4. The van der Waals surface area contributed by atoms with Gasteiger partial charge in [0.15, 0.2) is 0 Å². The predicted octanol–water partition coefficient (Wildman–Crippen LogP) is 0.927. The van der Waals surface area contributed by atoms with E-state index >= 15 is 0 Å². The topological polar surface area (TPSA) is 140 Å². The molecule has 0 aliphatic rings. The van der Waals surface area contributed by atoms with Gasteiger partial charge in [-0.1, -0.05) is 12.1 Å². The highest BCUT2D eigenvalue weighted by molar-refractivity contribution is 6.44. The first kappa shape index (κ1) is 22.7. The maximum Gasteiger partial charge on any atom is 0.475 e. The number of para-hydroxylation sites is 1. The summed E-state index contributed by atoms with van der Waals surface area (Å²) in [5.41, 5.74) is 0.284. The Bertz CT molecular complexity index is 794. The number of carboxylic acids is 1. The number of benzene rings is 1. The van der Waals surface area contributed by atoms with Gasteiger partial charge in [-0.25, -0.2) is 4.79 Å².